The van der Waals surface area contributed by atoms with Crippen molar-refractivity contribution in [2.45, 2.75) is 25.8 Å². The fraction of sp³-hybridized carbons (Fsp3) is 0.462. The number of hydrogen-bond acceptors (Lipinski definition) is 4. The van der Waals surface area contributed by atoms with Crippen molar-refractivity contribution in [1.29, 1.82) is 0 Å². The standard InChI is InChI=1S/C13H16FN3O3/c1-8(12(18)17-6-2-3-7-17)16-11-10(14)9(13(19)20)4-5-15-11/h4-5,8H,2-3,6-7H2,1H3,(H,15,16)(H,19,20). The van der Waals surface area contributed by atoms with E-state index in [1.165, 1.54) is 6.20 Å². The lowest BCUT2D eigenvalue weighted by Crippen LogP contribution is -2.40. The number of rotatable bonds is 4. The van der Waals surface area contributed by atoms with Gasteiger partial charge in [0.05, 0.1) is 0 Å². The van der Waals surface area contributed by atoms with Crippen LogP contribution < -0.4 is 5.32 Å². The van der Waals surface area contributed by atoms with E-state index < -0.39 is 23.4 Å². The van der Waals surface area contributed by atoms with Crippen LogP contribution in [-0.4, -0.2) is 46.0 Å². The van der Waals surface area contributed by atoms with Crippen LogP contribution in [0, 0.1) is 5.82 Å². The number of halogens is 1. The smallest absolute Gasteiger partial charge is 0.338 e. The first kappa shape index (κ1) is 14.2. The second kappa shape index (κ2) is 5.85. The second-order valence-electron chi connectivity index (χ2n) is 4.72. The molecule has 2 rings (SSSR count). The maximum absolute atomic E-state index is 13.9. The number of carbonyl (C=O) groups excluding carboxylic acids is 1. The molecule has 1 aliphatic heterocycles. The van der Waals surface area contributed by atoms with Gasteiger partial charge in [0.15, 0.2) is 11.6 Å². The normalized spacial score (nSPS) is 16.0. The zero-order valence-corrected chi connectivity index (χ0v) is 11.1. The molecule has 0 spiro atoms. The number of amides is 1. The van der Waals surface area contributed by atoms with Gasteiger partial charge in [-0.1, -0.05) is 0 Å². The first-order valence-electron chi connectivity index (χ1n) is 6.44. The van der Waals surface area contributed by atoms with E-state index in [1.807, 2.05) is 0 Å². The highest BCUT2D eigenvalue weighted by Gasteiger charge is 2.25. The fourth-order valence-electron chi connectivity index (χ4n) is 2.19. The topological polar surface area (TPSA) is 82.5 Å². The largest absolute Gasteiger partial charge is 0.478 e. The number of aromatic carboxylic acids is 1. The molecule has 0 radical (unpaired) electrons. The van der Waals surface area contributed by atoms with Crippen LogP contribution in [0.15, 0.2) is 12.3 Å². The molecule has 0 aliphatic carbocycles. The molecule has 2 heterocycles. The number of aromatic nitrogens is 1. The van der Waals surface area contributed by atoms with Crippen LogP contribution in [0.25, 0.3) is 0 Å². The summed E-state index contributed by atoms with van der Waals surface area (Å²) in [4.78, 5) is 28.4. The summed E-state index contributed by atoms with van der Waals surface area (Å²) in [7, 11) is 0. The zero-order chi connectivity index (χ0) is 14.7. The third-order valence-corrected chi connectivity index (χ3v) is 3.26. The summed E-state index contributed by atoms with van der Waals surface area (Å²) in [5.74, 6) is -2.68. The lowest BCUT2D eigenvalue weighted by molar-refractivity contribution is -0.130. The van der Waals surface area contributed by atoms with E-state index in [4.69, 9.17) is 5.11 Å². The van der Waals surface area contributed by atoms with Gasteiger partial charge >= 0.3 is 5.97 Å². The Kier molecular flexibility index (Phi) is 4.16. The Bertz CT molecular complexity index is 530. The van der Waals surface area contributed by atoms with Gasteiger partial charge in [-0.05, 0) is 25.8 Å². The lowest BCUT2D eigenvalue weighted by Gasteiger charge is -2.21. The van der Waals surface area contributed by atoms with Crippen molar-refractivity contribution < 1.29 is 19.1 Å². The summed E-state index contributed by atoms with van der Waals surface area (Å²) in [6, 6.07) is 0.426. The van der Waals surface area contributed by atoms with E-state index >= 15 is 0 Å². The molecule has 1 unspecified atom stereocenters. The van der Waals surface area contributed by atoms with Gasteiger partial charge in [-0.3, -0.25) is 4.79 Å². The van der Waals surface area contributed by atoms with Gasteiger partial charge in [0.25, 0.3) is 0 Å². The number of nitrogens with one attached hydrogen (secondary N) is 1. The third-order valence-electron chi connectivity index (χ3n) is 3.26. The maximum Gasteiger partial charge on any atom is 0.338 e. The molecule has 20 heavy (non-hydrogen) atoms. The molecular weight excluding hydrogens is 265 g/mol. The van der Waals surface area contributed by atoms with Crippen LogP contribution in [0.2, 0.25) is 0 Å². The van der Waals surface area contributed by atoms with Crippen molar-refractivity contribution in [1.82, 2.24) is 9.88 Å². The number of likely N-dealkylation sites (tertiary alicyclic amines) is 1. The Morgan fingerprint density at radius 3 is 2.70 bits per heavy atom. The minimum Gasteiger partial charge on any atom is -0.478 e. The van der Waals surface area contributed by atoms with Crippen molar-refractivity contribution in [3.05, 3.63) is 23.6 Å². The summed E-state index contributed by atoms with van der Waals surface area (Å²) >= 11 is 0. The van der Waals surface area contributed by atoms with Crippen molar-refractivity contribution >= 4 is 17.7 Å². The molecule has 0 bridgehead atoms. The van der Waals surface area contributed by atoms with E-state index in [0.717, 1.165) is 18.9 Å². The Morgan fingerprint density at radius 1 is 1.45 bits per heavy atom. The van der Waals surface area contributed by atoms with Crippen molar-refractivity contribution in [2.75, 3.05) is 18.4 Å². The number of nitrogens with zero attached hydrogens (tertiary/aromatic N) is 2. The Balaban J connectivity index is 2.11. The molecular formula is C13H16FN3O3. The molecule has 6 nitrogen and oxygen atoms in total. The first-order valence-corrected chi connectivity index (χ1v) is 6.44. The van der Waals surface area contributed by atoms with Crippen LogP contribution in [0.3, 0.4) is 0 Å². The number of carboxylic acids is 1. The second-order valence-corrected chi connectivity index (χ2v) is 4.72. The zero-order valence-electron chi connectivity index (χ0n) is 11.1. The number of carbonyl (C=O) groups is 2. The van der Waals surface area contributed by atoms with Crippen molar-refractivity contribution in [3.63, 3.8) is 0 Å². The summed E-state index contributed by atoms with van der Waals surface area (Å²) in [5.41, 5.74) is -0.469. The Morgan fingerprint density at radius 2 is 2.10 bits per heavy atom. The number of pyridine rings is 1. The lowest BCUT2D eigenvalue weighted by atomic mass is 10.2. The molecule has 0 saturated carbocycles. The SMILES string of the molecule is CC(Nc1nccc(C(=O)O)c1F)C(=O)N1CCCC1. The monoisotopic (exact) mass is 281 g/mol. The van der Waals surface area contributed by atoms with Crippen LogP contribution >= 0.6 is 0 Å². The van der Waals surface area contributed by atoms with Crippen LogP contribution in [0.5, 0.6) is 0 Å². The van der Waals surface area contributed by atoms with E-state index in [9.17, 15) is 14.0 Å². The average molecular weight is 281 g/mol. The Hall–Kier alpha value is -2.18. The average Bonchev–Trinajstić information content (AvgIpc) is 2.93. The summed E-state index contributed by atoms with van der Waals surface area (Å²) in [6.45, 7) is 3.01. The molecule has 1 aliphatic rings. The van der Waals surface area contributed by atoms with Gasteiger partial charge in [-0.25, -0.2) is 14.2 Å². The molecule has 1 atom stereocenters. The summed E-state index contributed by atoms with van der Waals surface area (Å²) < 4.78 is 13.9. The van der Waals surface area contributed by atoms with Gasteiger partial charge in [0.1, 0.15) is 11.6 Å². The van der Waals surface area contributed by atoms with Crippen molar-refractivity contribution in [3.8, 4) is 0 Å². The van der Waals surface area contributed by atoms with Gasteiger partial charge in [-0.15, -0.1) is 0 Å². The minimum absolute atomic E-state index is 0.135. The number of anilines is 1. The summed E-state index contributed by atoms with van der Waals surface area (Å²) in [6.07, 6.45) is 3.14. The molecule has 7 heteroatoms. The minimum atomic E-state index is -1.37. The highest BCUT2D eigenvalue weighted by Crippen LogP contribution is 2.17. The molecule has 108 valence electrons. The quantitative estimate of drug-likeness (QED) is 0.870. The predicted octanol–water partition coefficient (Wildman–Crippen LogP) is 1.34. The van der Waals surface area contributed by atoms with E-state index in [1.54, 1.807) is 11.8 Å². The van der Waals surface area contributed by atoms with Crippen LogP contribution in [0.1, 0.15) is 30.1 Å². The van der Waals surface area contributed by atoms with Gasteiger partial charge in [0, 0.05) is 19.3 Å². The van der Waals surface area contributed by atoms with Gasteiger partial charge in [0.2, 0.25) is 5.91 Å². The number of hydrogen-bond donors (Lipinski definition) is 2. The van der Waals surface area contributed by atoms with Gasteiger partial charge < -0.3 is 15.3 Å². The predicted molar refractivity (Wildman–Crippen MR) is 70.1 cm³/mol. The third kappa shape index (κ3) is 2.87. The molecule has 2 N–H and O–H groups in total. The molecule has 1 fully saturated rings. The fourth-order valence-corrected chi connectivity index (χ4v) is 2.19. The molecule has 1 saturated heterocycles. The molecule has 1 amide bonds. The van der Waals surface area contributed by atoms with E-state index in [0.29, 0.717) is 13.1 Å². The van der Waals surface area contributed by atoms with Crippen molar-refractivity contribution in [2.24, 2.45) is 0 Å². The highest BCUT2D eigenvalue weighted by atomic mass is 19.1. The van der Waals surface area contributed by atoms with E-state index in [2.05, 4.69) is 10.3 Å². The molecule has 1 aromatic rings. The molecule has 1 aromatic heterocycles. The number of carboxylic acid groups (broad SMARTS) is 1. The Labute approximate surface area is 115 Å². The first-order chi connectivity index (χ1) is 9.50. The summed E-state index contributed by atoms with van der Waals surface area (Å²) in [5, 5.41) is 11.5. The highest BCUT2D eigenvalue weighted by molar-refractivity contribution is 5.89. The molecule has 0 aromatic carbocycles. The maximum atomic E-state index is 13.9. The van der Waals surface area contributed by atoms with Crippen LogP contribution in [0.4, 0.5) is 10.2 Å². The van der Waals surface area contributed by atoms with E-state index in [-0.39, 0.29) is 11.7 Å². The van der Waals surface area contributed by atoms with Crippen LogP contribution in [-0.2, 0) is 4.79 Å². The van der Waals surface area contributed by atoms with Gasteiger partial charge in [-0.2, -0.15) is 0 Å².